The Hall–Kier alpha value is -3.06. The molecule has 1 aliphatic carbocycles. The molecule has 0 saturated carbocycles. The van der Waals surface area contributed by atoms with Crippen LogP contribution in [-0.2, 0) is 29.1 Å². The van der Waals surface area contributed by atoms with Crippen molar-refractivity contribution in [2.24, 2.45) is 11.7 Å². The van der Waals surface area contributed by atoms with Gasteiger partial charge in [0.2, 0.25) is 0 Å². The molecule has 32 heavy (non-hydrogen) atoms. The number of rotatable bonds is 1. The molecule has 0 bridgehead atoms. The summed E-state index contributed by atoms with van der Waals surface area (Å²) in [6.07, 6.45) is 1.44. The molecule has 4 heterocycles. The first-order valence-electron chi connectivity index (χ1n) is 11.1. The van der Waals surface area contributed by atoms with Crippen LogP contribution in [0.5, 0.6) is 0 Å². The molecule has 6 nitrogen and oxygen atoms in total. The summed E-state index contributed by atoms with van der Waals surface area (Å²) >= 11 is 0. The average Bonchev–Trinajstić information content (AvgIpc) is 3.11. The van der Waals surface area contributed by atoms with E-state index < -0.39 is 5.92 Å². The van der Waals surface area contributed by atoms with Crippen molar-refractivity contribution in [2.45, 2.75) is 58.7 Å². The molecule has 3 aromatic rings. The number of esters is 1. The zero-order valence-electron chi connectivity index (χ0n) is 18.3. The van der Waals surface area contributed by atoms with Gasteiger partial charge in [-0.2, -0.15) is 0 Å². The molecule has 7 heteroatoms. The molecule has 0 fully saturated rings. The van der Waals surface area contributed by atoms with Crippen LogP contribution in [0.15, 0.2) is 16.9 Å². The van der Waals surface area contributed by atoms with Gasteiger partial charge in [-0.15, -0.1) is 0 Å². The number of fused-ring (bicyclic) bond motifs is 5. The molecular weight excluding hydrogens is 409 g/mol. The highest BCUT2D eigenvalue weighted by molar-refractivity contribution is 5.93. The minimum absolute atomic E-state index is 0.0105. The maximum Gasteiger partial charge on any atom is 0.314 e. The summed E-state index contributed by atoms with van der Waals surface area (Å²) in [4.78, 5) is 30.8. The third-order valence-corrected chi connectivity index (χ3v) is 7.43. The Labute approximate surface area is 184 Å². The number of nitrogens with two attached hydrogens (primary N) is 1. The first kappa shape index (κ1) is 19.6. The second-order valence-corrected chi connectivity index (χ2v) is 9.54. The molecule has 2 aliphatic heterocycles. The number of ether oxygens (including phenoxy) is 1. The van der Waals surface area contributed by atoms with Crippen LogP contribution in [-0.4, -0.2) is 15.5 Å². The summed E-state index contributed by atoms with van der Waals surface area (Å²) in [6.45, 7) is 6.05. The van der Waals surface area contributed by atoms with E-state index in [0.717, 1.165) is 34.1 Å². The number of carbonyl (C=O) groups is 1. The Morgan fingerprint density at radius 3 is 2.75 bits per heavy atom. The normalized spacial score (nSPS) is 20.9. The molecule has 3 aliphatic rings. The van der Waals surface area contributed by atoms with Crippen LogP contribution in [0.1, 0.15) is 65.6 Å². The van der Waals surface area contributed by atoms with Crippen molar-refractivity contribution < 1.29 is 13.9 Å². The summed E-state index contributed by atoms with van der Waals surface area (Å²) in [6, 6.07) is 3.20. The van der Waals surface area contributed by atoms with Crippen LogP contribution in [0.3, 0.4) is 0 Å². The third kappa shape index (κ3) is 2.40. The molecule has 6 rings (SSSR count). The fourth-order valence-electron chi connectivity index (χ4n) is 5.81. The minimum Gasteiger partial charge on any atom is -0.460 e. The lowest BCUT2D eigenvalue weighted by Gasteiger charge is -2.27. The van der Waals surface area contributed by atoms with Gasteiger partial charge in [-0.05, 0) is 54.0 Å². The first-order chi connectivity index (χ1) is 15.3. The zero-order chi connectivity index (χ0) is 22.5. The Morgan fingerprint density at radius 1 is 1.22 bits per heavy atom. The molecule has 164 valence electrons. The highest BCUT2D eigenvalue weighted by atomic mass is 19.1. The third-order valence-electron chi connectivity index (χ3n) is 7.43. The summed E-state index contributed by atoms with van der Waals surface area (Å²) in [5.74, 6) is -1.08. The van der Waals surface area contributed by atoms with Crippen LogP contribution in [0.25, 0.3) is 22.3 Å². The van der Waals surface area contributed by atoms with Crippen LogP contribution in [0.4, 0.5) is 4.39 Å². The van der Waals surface area contributed by atoms with E-state index in [9.17, 15) is 14.0 Å². The van der Waals surface area contributed by atoms with Crippen LogP contribution >= 0.6 is 0 Å². The molecule has 0 saturated heterocycles. The van der Waals surface area contributed by atoms with E-state index in [1.165, 1.54) is 6.07 Å². The Balaban J connectivity index is 1.68. The van der Waals surface area contributed by atoms with E-state index in [-0.39, 0.29) is 35.9 Å². The highest BCUT2D eigenvalue weighted by Gasteiger charge is 2.38. The Bertz CT molecular complexity index is 1420. The highest BCUT2D eigenvalue weighted by Crippen LogP contribution is 2.45. The second-order valence-electron chi connectivity index (χ2n) is 9.54. The van der Waals surface area contributed by atoms with Gasteiger partial charge in [0.05, 0.1) is 34.9 Å². The first-order valence-corrected chi connectivity index (χ1v) is 11.1. The monoisotopic (exact) mass is 433 g/mol. The van der Waals surface area contributed by atoms with Crippen LogP contribution < -0.4 is 11.3 Å². The fraction of sp³-hybridized carbons (Fsp3) is 0.400. The number of halogens is 1. The molecule has 2 atom stereocenters. The van der Waals surface area contributed by atoms with Gasteiger partial charge in [-0.25, -0.2) is 9.37 Å². The Morgan fingerprint density at radius 2 is 2.00 bits per heavy atom. The quantitative estimate of drug-likeness (QED) is 0.464. The fourth-order valence-corrected chi connectivity index (χ4v) is 5.81. The largest absolute Gasteiger partial charge is 0.460 e. The number of hydrogen-bond donors (Lipinski definition) is 1. The van der Waals surface area contributed by atoms with Crippen molar-refractivity contribution in [3.63, 3.8) is 0 Å². The topological polar surface area (TPSA) is 87.2 Å². The molecule has 2 N–H and O–H groups in total. The molecule has 0 radical (unpaired) electrons. The number of carbonyl (C=O) groups excluding carboxylic acids is 1. The van der Waals surface area contributed by atoms with Gasteiger partial charge in [0.25, 0.3) is 5.56 Å². The zero-order valence-corrected chi connectivity index (χ0v) is 18.3. The molecule has 2 aromatic heterocycles. The molecular formula is C25H24FN3O3. The van der Waals surface area contributed by atoms with Crippen LogP contribution in [0.2, 0.25) is 0 Å². The standard InChI is InChI=1S/C25H24FN3O3/c1-10(2)20-13-6-19-23-14(8-29(19)24(30)15(13)9-32-25(20)31)21-17(27)5-4-12-11(3)16(26)7-18(28-23)22(12)21/h6-7,10,17,20H,4-5,8-9,27H2,1-3H3/t17?,20-/m1/s1. The lowest BCUT2D eigenvalue weighted by molar-refractivity contribution is -0.149. The molecule has 0 spiro atoms. The van der Waals surface area contributed by atoms with Gasteiger partial charge in [-0.1, -0.05) is 13.8 Å². The van der Waals surface area contributed by atoms with Gasteiger partial charge in [-0.3, -0.25) is 9.59 Å². The van der Waals surface area contributed by atoms with E-state index in [2.05, 4.69) is 0 Å². The van der Waals surface area contributed by atoms with Gasteiger partial charge in [0.1, 0.15) is 12.4 Å². The number of aryl methyl sites for hydroxylation is 1. The van der Waals surface area contributed by atoms with Crippen LogP contribution in [0, 0.1) is 18.7 Å². The number of hydrogen-bond acceptors (Lipinski definition) is 5. The number of benzene rings is 1. The van der Waals surface area contributed by atoms with Crippen molar-refractivity contribution in [1.29, 1.82) is 0 Å². The summed E-state index contributed by atoms with van der Waals surface area (Å²) in [7, 11) is 0. The lowest BCUT2D eigenvalue weighted by Crippen LogP contribution is -2.34. The van der Waals surface area contributed by atoms with Crippen molar-refractivity contribution in [2.75, 3.05) is 0 Å². The maximum absolute atomic E-state index is 14.7. The minimum atomic E-state index is -0.492. The summed E-state index contributed by atoms with van der Waals surface area (Å²) < 4.78 is 21.7. The second kappa shape index (κ2) is 6.48. The van der Waals surface area contributed by atoms with E-state index in [1.54, 1.807) is 11.5 Å². The predicted octanol–water partition coefficient (Wildman–Crippen LogP) is 3.62. The molecule has 1 unspecified atom stereocenters. The summed E-state index contributed by atoms with van der Waals surface area (Å²) in [5.41, 5.74) is 13.1. The number of pyridine rings is 2. The molecule has 1 aromatic carbocycles. The van der Waals surface area contributed by atoms with Crippen molar-refractivity contribution in [1.82, 2.24) is 9.55 Å². The van der Waals surface area contributed by atoms with E-state index in [4.69, 9.17) is 15.5 Å². The van der Waals surface area contributed by atoms with Crippen molar-refractivity contribution >= 4 is 16.9 Å². The number of nitrogens with zero attached hydrogens (tertiary/aromatic N) is 2. The SMILES string of the molecule is Cc1c(F)cc2nc3c(c4c2c1CCC4N)Cn1c-3cc2c(c1=O)COC(=O)[C@@H]2C(C)C. The number of cyclic esters (lactones) is 1. The van der Waals surface area contributed by atoms with Gasteiger partial charge in [0, 0.05) is 23.1 Å². The maximum atomic E-state index is 14.7. The van der Waals surface area contributed by atoms with E-state index in [1.807, 2.05) is 19.9 Å². The van der Waals surface area contributed by atoms with Crippen molar-refractivity contribution in [3.05, 3.63) is 61.7 Å². The smallest absolute Gasteiger partial charge is 0.314 e. The van der Waals surface area contributed by atoms with Gasteiger partial charge >= 0.3 is 5.97 Å². The average molecular weight is 433 g/mol. The summed E-state index contributed by atoms with van der Waals surface area (Å²) in [5, 5.41) is 0.936. The predicted molar refractivity (Wildman–Crippen MR) is 118 cm³/mol. The van der Waals surface area contributed by atoms with Gasteiger partial charge < -0.3 is 15.0 Å². The van der Waals surface area contributed by atoms with E-state index in [0.29, 0.717) is 41.0 Å². The lowest BCUT2D eigenvalue weighted by atomic mass is 9.82. The van der Waals surface area contributed by atoms with Gasteiger partial charge in [0.15, 0.2) is 0 Å². The molecule has 0 amide bonds. The Kier molecular flexibility index (Phi) is 3.97. The van der Waals surface area contributed by atoms with Crippen molar-refractivity contribution in [3.8, 4) is 11.4 Å². The van der Waals surface area contributed by atoms with E-state index >= 15 is 0 Å². The number of aromatic nitrogens is 2.